The Morgan fingerprint density at radius 2 is 1.79 bits per heavy atom. The molecule has 1 aliphatic rings. The van der Waals surface area contributed by atoms with Gasteiger partial charge in [0.15, 0.2) is 0 Å². The number of ether oxygens (including phenoxy) is 2. The SMILES string of the molecule is COc1ccc(OC(=O)N2C=C(C(=O)O)c3[nH]c4ccccc4c3CC2)cc1. The normalized spacial score (nSPS) is 13.5. The van der Waals surface area contributed by atoms with Gasteiger partial charge < -0.3 is 19.6 Å². The van der Waals surface area contributed by atoms with Gasteiger partial charge in [0.2, 0.25) is 0 Å². The lowest BCUT2D eigenvalue weighted by molar-refractivity contribution is -0.130. The molecule has 4 rings (SSSR count). The molecule has 0 bridgehead atoms. The van der Waals surface area contributed by atoms with Crippen LogP contribution in [0.5, 0.6) is 11.5 Å². The Morgan fingerprint density at radius 1 is 1.07 bits per heavy atom. The predicted octanol–water partition coefficient (Wildman–Crippen LogP) is 3.66. The molecule has 2 N–H and O–H groups in total. The summed E-state index contributed by atoms with van der Waals surface area (Å²) < 4.78 is 10.5. The Bertz CT molecular complexity index is 1080. The summed E-state index contributed by atoms with van der Waals surface area (Å²) in [6.45, 7) is 0.306. The molecule has 142 valence electrons. The van der Waals surface area contributed by atoms with Gasteiger partial charge in [-0.2, -0.15) is 0 Å². The standard InChI is InChI=1S/C21H18N2O5/c1-27-13-6-8-14(9-7-13)28-21(26)23-11-10-16-15-4-2-3-5-18(15)22-19(16)17(12-23)20(24)25/h2-9,12,22H,10-11H2,1H3,(H,24,25). The molecule has 0 radical (unpaired) electrons. The second-order valence-corrected chi connectivity index (χ2v) is 6.36. The van der Waals surface area contributed by atoms with Gasteiger partial charge in [-0.25, -0.2) is 9.59 Å². The first kappa shape index (κ1) is 17.7. The second kappa shape index (κ2) is 7.11. The summed E-state index contributed by atoms with van der Waals surface area (Å²) in [6.07, 6.45) is 1.19. The molecule has 0 aliphatic carbocycles. The smallest absolute Gasteiger partial charge is 0.419 e. The Hall–Kier alpha value is -3.74. The maximum atomic E-state index is 12.6. The van der Waals surface area contributed by atoms with E-state index in [0.717, 1.165) is 16.5 Å². The summed E-state index contributed by atoms with van der Waals surface area (Å²) in [6, 6.07) is 14.2. The quantitative estimate of drug-likeness (QED) is 0.726. The molecule has 3 aromatic rings. The number of nitrogens with zero attached hydrogens (tertiary/aromatic N) is 1. The average Bonchev–Trinajstić information content (AvgIpc) is 2.95. The lowest BCUT2D eigenvalue weighted by Gasteiger charge is -2.17. The number of aromatic amines is 1. The van der Waals surface area contributed by atoms with Crippen molar-refractivity contribution in [3.8, 4) is 11.5 Å². The van der Waals surface area contributed by atoms with Crippen molar-refractivity contribution in [2.75, 3.05) is 13.7 Å². The highest BCUT2D eigenvalue weighted by molar-refractivity contribution is 6.17. The summed E-state index contributed by atoms with van der Waals surface area (Å²) in [7, 11) is 1.55. The molecule has 1 aromatic heterocycles. The number of hydrogen-bond acceptors (Lipinski definition) is 4. The number of carbonyl (C=O) groups is 2. The molecule has 0 unspecified atom stereocenters. The topological polar surface area (TPSA) is 91.9 Å². The van der Waals surface area contributed by atoms with Crippen LogP contribution in [0.2, 0.25) is 0 Å². The highest BCUT2D eigenvalue weighted by Gasteiger charge is 2.27. The molecule has 1 aliphatic heterocycles. The van der Waals surface area contributed by atoms with Crippen molar-refractivity contribution in [3.63, 3.8) is 0 Å². The van der Waals surface area contributed by atoms with Crippen molar-refractivity contribution >= 4 is 28.5 Å². The number of carbonyl (C=O) groups excluding carboxylic acids is 1. The zero-order chi connectivity index (χ0) is 19.7. The number of benzene rings is 2. The third kappa shape index (κ3) is 3.18. The van der Waals surface area contributed by atoms with Gasteiger partial charge in [-0.1, -0.05) is 18.2 Å². The summed E-state index contributed by atoms with van der Waals surface area (Å²) in [4.78, 5) is 28.9. The van der Waals surface area contributed by atoms with Crippen LogP contribution in [0.25, 0.3) is 16.5 Å². The predicted molar refractivity (Wildman–Crippen MR) is 103 cm³/mol. The number of para-hydroxylation sites is 1. The van der Waals surface area contributed by atoms with Crippen molar-refractivity contribution in [1.82, 2.24) is 9.88 Å². The van der Waals surface area contributed by atoms with E-state index in [1.54, 1.807) is 31.4 Å². The minimum Gasteiger partial charge on any atom is -0.497 e. The van der Waals surface area contributed by atoms with Gasteiger partial charge in [0.05, 0.1) is 18.4 Å². The molecule has 0 atom stereocenters. The molecule has 0 saturated heterocycles. The first-order valence-corrected chi connectivity index (χ1v) is 8.74. The molecule has 2 aromatic carbocycles. The molecular formula is C21H18N2O5. The number of fused-ring (bicyclic) bond motifs is 3. The van der Waals surface area contributed by atoms with Crippen LogP contribution in [0.4, 0.5) is 4.79 Å². The first-order valence-electron chi connectivity index (χ1n) is 8.74. The summed E-state index contributed by atoms with van der Waals surface area (Å²) in [5, 5.41) is 10.7. The Balaban J connectivity index is 1.64. The first-order chi connectivity index (χ1) is 13.6. The van der Waals surface area contributed by atoms with Gasteiger partial charge in [0.1, 0.15) is 11.5 Å². The highest BCUT2D eigenvalue weighted by atomic mass is 16.6. The maximum absolute atomic E-state index is 12.6. The largest absolute Gasteiger partial charge is 0.497 e. The Morgan fingerprint density at radius 3 is 2.50 bits per heavy atom. The van der Waals surface area contributed by atoms with Crippen LogP contribution in [-0.4, -0.2) is 40.7 Å². The monoisotopic (exact) mass is 378 g/mol. The summed E-state index contributed by atoms with van der Waals surface area (Å²) >= 11 is 0. The van der Waals surface area contributed by atoms with E-state index >= 15 is 0 Å². The fraction of sp³-hybridized carbons (Fsp3) is 0.143. The lowest BCUT2D eigenvalue weighted by atomic mass is 10.0. The maximum Gasteiger partial charge on any atom is 0.419 e. The minimum atomic E-state index is -1.11. The summed E-state index contributed by atoms with van der Waals surface area (Å²) in [5.74, 6) is -0.116. The van der Waals surface area contributed by atoms with E-state index in [-0.39, 0.29) is 5.57 Å². The van der Waals surface area contributed by atoms with Crippen LogP contribution >= 0.6 is 0 Å². The Labute approximate surface area is 160 Å². The number of amides is 1. The second-order valence-electron chi connectivity index (χ2n) is 6.36. The minimum absolute atomic E-state index is 0.0235. The van der Waals surface area contributed by atoms with Crippen LogP contribution < -0.4 is 9.47 Å². The number of aliphatic carboxylic acids is 1. The van der Waals surface area contributed by atoms with Gasteiger partial charge in [-0.3, -0.25) is 4.90 Å². The number of rotatable bonds is 3. The number of hydrogen-bond donors (Lipinski definition) is 2. The third-order valence-electron chi connectivity index (χ3n) is 4.70. The molecule has 7 heteroatoms. The van der Waals surface area contributed by atoms with Crippen LogP contribution in [0.15, 0.2) is 54.7 Å². The van der Waals surface area contributed by atoms with Gasteiger partial charge in [-0.15, -0.1) is 0 Å². The number of carboxylic acid groups (broad SMARTS) is 1. The van der Waals surface area contributed by atoms with E-state index in [1.165, 1.54) is 11.1 Å². The zero-order valence-corrected chi connectivity index (χ0v) is 15.1. The molecule has 0 saturated carbocycles. The van der Waals surface area contributed by atoms with Crippen molar-refractivity contribution in [2.24, 2.45) is 0 Å². The third-order valence-corrected chi connectivity index (χ3v) is 4.70. The van der Waals surface area contributed by atoms with Crippen molar-refractivity contribution in [1.29, 1.82) is 0 Å². The average molecular weight is 378 g/mol. The van der Waals surface area contributed by atoms with Gasteiger partial charge >= 0.3 is 12.1 Å². The van der Waals surface area contributed by atoms with E-state index in [1.807, 2.05) is 24.3 Å². The molecule has 7 nitrogen and oxygen atoms in total. The number of nitrogens with one attached hydrogen (secondary N) is 1. The number of carboxylic acids is 1. The van der Waals surface area contributed by atoms with E-state index in [4.69, 9.17) is 9.47 Å². The van der Waals surface area contributed by atoms with Crippen LogP contribution in [0.1, 0.15) is 11.3 Å². The van der Waals surface area contributed by atoms with E-state index in [9.17, 15) is 14.7 Å². The zero-order valence-electron chi connectivity index (χ0n) is 15.1. The van der Waals surface area contributed by atoms with Crippen molar-refractivity contribution in [2.45, 2.75) is 6.42 Å². The van der Waals surface area contributed by atoms with E-state index in [0.29, 0.717) is 30.2 Å². The molecule has 1 amide bonds. The molecular weight excluding hydrogens is 360 g/mol. The van der Waals surface area contributed by atoms with Crippen LogP contribution in [0, 0.1) is 0 Å². The molecule has 2 heterocycles. The highest BCUT2D eigenvalue weighted by Crippen LogP contribution is 2.31. The Kier molecular flexibility index (Phi) is 4.49. The fourth-order valence-corrected chi connectivity index (χ4v) is 3.32. The van der Waals surface area contributed by atoms with Crippen molar-refractivity contribution < 1.29 is 24.2 Å². The molecule has 28 heavy (non-hydrogen) atoms. The summed E-state index contributed by atoms with van der Waals surface area (Å²) in [5.41, 5.74) is 2.29. The number of aromatic nitrogens is 1. The van der Waals surface area contributed by atoms with E-state index in [2.05, 4.69) is 4.98 Å². The lowest BCUT2D eigenvalue weighted by Crippen LogP contribution is -2.30. The van der Waals surface area contributed by atoms with Gasteiger partial charge in [0, 0.05) is 23.6 Å². The van der Waals surface area contributed by atoms with E-state index < -0.39 is 12.1 Å². The van der Waals surface area contributed by atoms with Crippen LogP contribution in [-0.2, 0) is 11.2 Å². The van der Waals surface area contributed by atoms with Crippen LogP contribution in [0.3, 0.4) is 0 Å². The van der Waals surface area contributed by atoms with Gasteiger partial charge in [0.25, 0.3) is 0 Å². The molecule has 0 spiro atoms. The number of methoxy groups -OCH3 is 1. The molecule has 0 fully saturated rings. The fourth-order valence-electron chi connectivity index (χ4n) is 3.32. The number of H-pyrrole nitrogens is 1. The van der Waals surface area contributed by atoms with Crippen molar-refractivity contribution in [3.05, 3.63) is 66.0 Å². The van der Waals surface area contributed by atoms with Gasteiger partial charge in [-0.05, 0) is 42.3 Å².